The Morgan fingerprint density at radius 3 is 2.25 bits per heavy atom. The van der Waals surface area contributed by atoms with Crippen LogP contribution in [0.5, 0.6) is 0 Å². The first-order chi connectivity index (χ1) is 44.7. The number of hydrogen-bond acceptors (Lipinski definition) is 15. The fourth-order valence-electron chi connectivity index (χ4n) is 15.7. The molecule has 6 amide bonds. The van der Waals surface area contributed by atoms with Crippen LogP contribution in [0.25, 0.3) is 31.8 Å². The zero-order valence-electron chi connectivity index (χ0n) is 53.4. The topological polar surface area (TPSA) is 270 Å². The first-order valence-electron chi connectivity index (χ1n) is 32.9. The van der Waals surface area contributed by atoms with Crippen LogP contribution in [-0.4, -0.2) is 115 Å². The number of nitrogens with one attached hydrogen (secondary N) is 5. The van der Waals surface area contributed by atoms with E-state index in [0.29, 0.717) is 79.4 Å². The minimum Gasteiger partial charge on any atom is -0.391 e. The minimum atomic E-state index is -1.18. The summed E-state index contributed by atoms with van der Waals surface area (Å²) >= 11 is 2.94. The Labute approximate surface area is 549 Å². The number of hydrogen-bond donors (Lipinski definition) is 6. The van der Waals surface area contributed by atoms with Gasteiger partial charge in [0, 0.05) is 68.1 Å². The molecule has 7 aromatic rings. The van der Waals surface area contributed by atoms with Crippen LogP contribution < -0.4 is 31.5 Å². The summed E-state index contributed by atoms with van der Waals surface area (Å²) in [6.07, 6.45) is 11.0. The number of carbonyl (C=O) groups is 6. The van der Waals surface area contributed by atoms with Crippen LogP contribution in [-0.2, 0) is 38.7 Å². The van der Waals surface area contributed by atoms with E-state index in [1.165, 1.54) is 66.1 Å². The Morgan fingerprint density at radius 1 is 0.828 bits per heavy atom. The number of anilines is 2. The number of aliphatic hydroxyl groups is 1. The van der Waals surface area contributed by atoms with Gasteiger partial charge in [0.2, 0.25) is 23.6 Å². The lowest BCUT2D eigenvalue weighted by molar-refractivity contribution is -0.144. The van der Waals surface area contributed by atoms with Crippen molar-refractivity contribution in [1.29, 1.82) is 5.26 Å². The normalized spacial score (nSPS) is 22.4. The number of aromatic nitrogens is 5. The molecule has 4 bridgehead atoms. The molecular weight excluding hydrogens is 1210 g/mol. The Morgan fingerprint density at radius 2 is 1.56 bits per heavy atom. The quantitative estimate of drug-likeness (QED) is 0.0366. The molecule has 93 heavy (non-hydrogen) atoms. The van der Waals surface area contributed by atoms with Gasteiger partial charge in [0.1, 0.15) is 29.0 Å². The van der Waals surface area contributed by atoms with Gasteiger partial charge >= 0.3 is 0 Å². The van der Waals surface area contributed by atoms with Gasteiger partial charge in [0.15, 0.2) is 5.13 Å². The molecule has 2 aliphatic heterocycles. The average molecular weight is 1290 g/mol. The molecule has 14 rings (SSSR count). The summed E-state index contributed by atoms with van der Waals surface area (Å²) < 4.78 is 3.15. The number of nitriles is 1. The van der Waals surface area contributed by atoms with Gasteiger partial charge in [0.25, 0.3) is 11.8 Å². The number of pyridine rings is 1. The summed E-state index contributed by atoms with van der Waals surface area (Å²) in [7, 11) is 0. The summed E-state index contributed by atoms with van der Waals surface area (Å²) in [5, 5.41) is 41.4. The highest BCUT2D eigenvalue weighted by atomic mass is 32.1. The molecule has 4 aromatic heterocycles. The molecule has 5 aliphatic carbocycles. The van der Waals surface area contributed by atoms with Gasteiger partial charge in [0.05, 0.1) is 57.1 Å². The largest absolute Gasteiger partial charge is 0.391 e. The highest BCUT2D eigenvalue weighted by molar-refractivity contribution is 7.22. The summed E-state index contributed by atoms with van der Waals surface area (Å²) in [5.41, 5.74) is 8.67. The lowest BCUT2D eigenvalue weighted by atomic mass is 9.49. The molecule has 0 spiro atoms. The maximum absolute atomic E-state index is 14.8. The van der Waals surface area contributed by atoms with Crippen LogP contribution in [0.2, 0.25) is 0 Å². The van der Waals surface area contributed by atoms with E-state index in [-0.39, 0.29) is 54.8 Å². The highest BCUT2D eigenvalue weighted by Gasteiger charge is 2.54. The standard InChI is InChI=1S/C71H81N13O7S2/c1-41-61(92-40-75-41)48-17-15-47(16-18-48)55(77-64(88)56-30-49(85)36-83(56)66(90)62(69(3,4)5)80-67(91)71(38-72)22-23-71)31-59(86)73-24-8-9-25-74-65(89)60-50(52-35-76-84(42(52)2)39-70-32-43-27-44(33-70)29-45(28-43)34-70)19-20-58(79-60)82-26-21-46-11-10-12-51(53(46)37-82)63(87)81-68-78-54-13-6-7-14-57(54)93-68/h6-7,10-20,35,40,43-45,49,55-56,62,85H,8-9,21-34,36-37,39H2,1-5H3,(H,73,86)(H,74,89)(H,77,88)(H,80,91)(H,78,81,87)/t43?,44?,45?,49-,55+,56+,62-,70?/m1/s1. The third-order valence-electron chi connectivity index (χ3n) is 20.4. The molecule has 3 aromatic carbocycles. The summed E-state index contributed by atoms with van der Waals surface area (Å²) in [6.45, 7) is 11.7. The Balaban J connectivity index is 0.685. The van der Waals surface area contributed by atoms with Crippen molar-refractivity contribution in [3.63, 3.8) is 0 Å². The van der Waals surface area contributed by atoms with Crippen molar-refractivity contribution in [2.24, 2.45) is 34.0 Å². The lowest BCUT2D eigenvalue weighted by Crippen LogP contribution is -2.58. The molecule has 5 saturated carbocycles. The van der Waals surface area contributed by atoms with Crippen molar-refractivity contribution < 1.29 is 33.9 Å². The Hall–Kier alpha value is -8.39. The molecule has 0 radical (unpaired) electrons. The molecule has 4 atom stereocenters. The van der Waals surface area contributed by atoms with Gasteiger partial charge in [-0.1, -0.05) is 80.6 Å². The van der Waals surface area contributed by atoms with Crippen LogP contribution in [0, 0.1) is 59.2 Å². The van der Waals surface area contributed by atoms with E-state index in [1.807, 2.05) is 85.9 Å². The smallest absolute Gasteiger partial charge is 0.270 e. The SMILES string of the molecule is Cc1ncsc1-c1ccc([C@H](CC(=O)NCCCCNC(=O)c2nc(N3CCc4cccc(C(=O)Nc5nc6ccccc6s5)c4C3)ccc2-c2cnn(CC34CC5CC(CC(C5)C3)C4)c2C)NC(=O)[C@@H]2C[C@@H](O)CN2C(=O)[C@@H](NC(=O)C2(C#N)CC2)C(C)(C)C)cc1. The molecule has 7 aliphatic rings. The van der Waals surface area contributed by atoms with Crippen molar-refractivity contribution in [3.8, 4) is 27.6 Å². The summed E-state index contributed by atoms with van der Waals surface area (Å²) in [5.74, 6) is 0.472. The van der Waals surface area contributed by atoms with Gasteiger partial charge in [-0.3, -0.25) is 38.8 Å². The van der Waals surface area contributed by atoms with Crippen LogP contribution in [0.4, 0.5) is 10.9 Å². The van der Waals surface area contributed by atoms with Gasteiger partial charge < -0.3 is 36.2 Å². The van der Waals surface area contributed by atoms with Crippen LogP contribution in [0.15, 0.2) is 90.6 Å². The van der Waals surface area contributed by atoms with Crippen molar-refractivity contribution in [3.05, 3.63) is 130 Å². The number of likely N-dealkylation sites (tertiary alicyclic amines) is 1. The van der Waals surface area contributed by atoms with E-state index in [9.17, 15) is 39.1 Å². The summed E-state index contributed by atoms with van der Waals surface area (Å²) in [4.78, 5) is 104. The maximum atomic E-state index is 14.8. The first kappa shape index (κ1) is 63.4. The number of thiazole rings is 2. The van der Waals surface area contributed by atoms with Crippen molar-refractivity contribution >= 4 is 79.3 Å². The van der Waals surface area contributed by atoms with Crippen LogP contribution in [0.1, 0.15) is 153 Å². The molecule has 6 heterocycles. The van der Waals surface area contributed by atoms with Gasteiger partial charge in [-0.15, -0.1) is 11.3 Å². The molecule has 0 unspecified atom stereocenters. The van der Waals surface area contributed by atoms with Crippen LogP contribution in [0.3, 0.4) is 0 Å². The number of nitrogens with zero attached hydrogens (tertiary/aromatic N) is 8. The highest BCUT2D eigenvalue weighted by Crippen LogP contribution is 2.61. The number of fused-ring (bicyclic) bond motifs is 2. The number of carbonyl (C=O) groups excluding carboxylic acids is 6. The fraction of sp³-hybridized carbons (Fsp3) is 0.479. The van der Waals surface area contributed by atoms with E-state index < -0.39 is 52.8 Å². The number of aryl methyl sites for hydroxylation is 1. The monoisotopic (exact) mass is 1290 g/mol. The first-order valence-corrected chi connectivity index (χ1v) is 34.5. The van der Waals surface area contributed by atoms with E-state index >= 15 is 0 Å². The van der Waals surface area contributed by atoms with Crippen molar-refractivity contribution in [2.45, 2.75) is 155 Å². The van der Waals surface area contributed by atoms with E-state index in [1.54, 1.807) is 26.3 Å². The molecule has 484 valence electrons. The molecular formula is C71H81N13O7S2. The predicted molar refractivity (Wildman–Crippen MR) is 357 cm³/mol. The van der Waals surface area contributed by atoms with Gasteiger partial charge in [-0.2, -0.15) is 10.4 Å². The number of rotatable bonds is 21. The molecule has 22 heteroatoms. The molecule has 1 saturated heterocycles. The van der Waals surface area contributed by atoms with Crippen LogP contribution >= 0.6 is 22.7 Å². The van der Waals surface area contributed by atoms with E-state index in [2.05, 4.69) is 65.2 Å². The second kappa shape index (κ2) is 25.8. The zero-order chi connectivity index (χ0) is 64.9. The third-order valence-corrected chi connectivity index (χ3v) is 22.3. The Kier molecular flexibility index (Phi) is 17.6. The third kappa shape index (κ3) is 13.3. The lowest BCUT2D eigenvalue weighted by Gasteiger charge is -2.56. The van der Waals surface area contributed by atoms with Crippen molar-refractivity contribution in [1.82, 2.24) is 50.9 Å². The number of aliphatic hydroxyl groups excluding tert-OH is 1. The van der Waals surface area contributed by atoms with Gasteiger partial charge in [-0.25, -0.2) is 15.0 Å². The molecule has 6 N–H and O–H groups in total. The molecule has 20 nitrogen and oxygen atoms in total. The number of para-hydroxylation sites is 1. The minimum absolute atomic E-state index is 0.0542. The average Bonchev–Trinajstić information content (AvgIpc) is 0.960. The second-order valence-electron chi connectivity index (χ2n) is 28.2. The van der Waals surface area contributed by atoms with E-state index in [0.717, 1.165) is 73.0 Å². The second-order valence-corrected chi connectivity index (χ2v) is 30.1. The summed E-state index contributed by atoms with van der Waals surface area (Å²) in [6, 6.07) is 24.2. The number of amides is 6. The maximum Gasteiger partial charge on any atom is 0.270 e. The zero-order valence-corrected chi connectivity index (χ0v) is 55.1. The fourth-order valence-corrected chi connectivity index (χ4v) is 17.3. The molecule has 6 fully saturated rings. The van der Waals surface area contributed by atoms with Gasteiger partial charge in [-0.05, 0) is 166 Å². The predicted octanol–water partition coefficient (Wildman–Crippen LogP) is 10.00. The Bertz CT molecular complexity index is 4010. The van der Waals surface area contributed by atoms with E-state index in [4.69, 9.17) is 10.1 Å². The van der Waals surface area contributed by atoms with Crippen molar-refractivity contribution in [2.75, 3.05) is 36.4 Å². The number of unbranched alkanes of at least 4 members (excludes halogenated alkanes) is 1. The number of benzene rings is 3. The number of β-amino-alcohol motifs (C(OH)–C–C–N with tert-alkyl or cyclic N) is 1.